The van der Waals surface area contributed by atoms with Crippen LogP contribution in [0.15, 0.2) is 42.5 Å². The number of benzene rings is 2. The lowest BCUT2D eigenvalue weighted by molar-refractivity contribution is 0.0938. The summed E-state index contributed by atoms with van der Waals surface area (Å²) in [6, 6.07) is 10.3. The molecule has 0 unspecified atom stereocenters. The number of methoxy groups -OCH3 is 1. The molecule has 1 amide bonds. The van der Waals surface area contributed by atoms with Crippen molar-refractivity contribution >= 4 is 5.91 Å². The largest absolute Gasteiger partial charge is 0.493 e. The molecular weight excluding hydrogens is 292 g/mol. The number of ether oxygens (including phenoxy) is 2. The van der Waals surface area contributed by atoms with Crippen LogP contribution in [-0.4, -0.2) is 26.2 Å². The second kappa shape index (κ2) is 7.40. The first-order chi connectivity index (χ1) is 10.6. The summed E-state index contributed by atoms with van der Waals surface area (Å²) in [6.07, 6.45) is 0. The van der Waals surface area contributed by atoms with E-state index in [1.165, 1.54) is 13.2 Å². The molecule has 2 aromatic rings. The standard InChI is InChI=1S/C16H15F2NO3/c1-21-13-7-2-3-8-14(13)22-10-9-19-16(20)15-11(17)5-4-6-12(15)18/h2-8H,9-10H2,1H3,(H,19,20). The summed E-state index contributed by atoms with van der Waals surface area (Å²) in [6.45, 7) is 0.243. The fraction of sp³-hybridized carbons (Fsp3) is 0.188. The molecule has 2 rings (SSSR count). The maximum Gasteiger partial charge on any atom is 0.257 e. The molecule has 0 bridgehead atoms. The van der Waals surface area contributed by atoms with Gasteiger partial charge in [0.1, 0.15) is 23.8 Å². The third kappa shape index (κ3) is 3.72. The number of hydrogen-bond donors (Lipinski definition) is 1. The molecule has 4 nitrogen and oxygen atoms in total. The van der Waals surface area contributed by atoms with E-state index in [0.29, 0.717) is 11.5 Å². The zero-order valence-corrected chi connectivity index (χ0v) is 11.9. The predicted molar refractivity (Wildman–Crippen MR) is 77.2 cm³/mol. The minimum absolute atomic E-state index is 0.102. The molecule has 0 radical (unpaired) electrons. The molecule has 0 aliphatic rings. The van der Waals surface area contributed by atoms with Crippen molar-refractivity contribution in [3.8, 4) is 11.5 Å². The van der Waals surface area contributed by atoms with Crippen LogP contribution < -0.4 is 14.8 Å². The number of nitrogens with one attached hydrogen (secondary N) is 1. The minimum Gasteiger partial charge on any atom is -0.493 e. The van der Waals surface area contributed by atoms with Gasteiger partial charge >= 0.3 is 0 Å². The van der Waals surface area contributed by atoms with Gasteiger partial charge in [0.05, 0.1) is 13.7 Å². The summed E-state index contributed by atoms with van der Waals surface area (Å²) >= 11 is 0. The molecule has 0 aliphatic carbocycles. The lowest BCUT2D eigenvalue weighted by Crippen LogP contribution is -2.29. The normalized spacial score (nSPS) is 10.1. The Morgan fingerprint density at radius 3 is 2.32 bits per heavy atom. The zero-order valence-electron chi connectivity index (χ0n) is 11.9. The van der Waals surface area contributed by atoms with E-state index in [4.69, 9.17) is 9.47 Å². The van der Waals surface area contributed by atoms with Gasteiger partial charge in [-0.05, 0) is 24.3 Å². The summed E-state index contributed by atoms with van der Waals surface area (Å²) in [4.78, 5) is 11.7. The van der Waals surface area contributed by atoms with Crippen LogP contribution in [0.1, 0.15) is 10.4 Å². The van der Waals surface area contributed by atoms with Gasteiger partial charge in [-0.3, -0.25) is 4.79 Å². The van der Waals surface area contributed by atoms with Crippen molar-refractivity contribution in [2.75, 3.05) is 20.3 Å². The van der Waals surface area contributed by atoms with E-state index in [0.717, 1.165) is 12.1 Å². The van der Waals surface area contributed by atoms with Crippen molar-refractivity contribution in [2.45, 2.75) is 0 Å². The Labute approximate surface area is 126 Å². The van der Waals surface area contributed by atoms with Crippen molar-refractivity contribution in [3.63, 3.8) is 0 Å². The van der Waals surface area contributed by atoms with E-state index in [2.05, 4.69) is 5.32 Å². The zero-order chi connectivity index (χ0) is 15.9. The Kier molecular flexibility index (Phi) is 5.30. The maximum atomic E-state index is 13.4. The Hall–Kier alpha value is -2.63. The summed E-state index contributed by atoms with van der Waals surface area (Å²) in [5, 5.41) is 2.40. The molecule has 116 valence electrons. The maximum absolute atomic E-state index is 13.4. The molecule has 0 heterocycles. The predicted octanol–water partition coefficient (Wildman–Crippen LogP) is 2.78. The van der Waals surface area contributed by atoms with Crippen LogP contribution in [0.3, 0.4) is 0 Å². The first-order valence-electron chi connectivity index (χ1n) is 6.61. The van der Waals surface area contributed by atoms with Gasteiger partial charge in [-0.1, -0.05) is 18.2 Å². The van der Waals surface area contributed by atoms with Gasteiger partial charge in [0.2, 0.25) is 0 Å². The van der Waals surface area contributed by atoms with Crippen molar-refractivity contribution < 1.29 is 23.0 Å². The average molecular weight is 307 g/mol. The first kappa shape index (κ1) is 15.8. The van der Waals surface area contributed by atoms with Gasteiger partial charge in [-0.15, -0.1) is 0 Å². The van der Waals surface area contributed by atoms with Crippen molar-refractivity contribution in [3.05, 3.63) is 59.7 Å². The third-order valence-corrected chi connectivity index (χ3v) is 2.90. The third-order valence-electron chi connectivity index (χ3n) is 2.90. The molecule has 22 heavy (non-hydrogen) atoms. The number of carbonyl (C=O) groups excluding carboxylic acids is 1. The SMILES string of the molecule is COc1ccccc1OCCNC(=O)c1c(F)cccc1F. The van der Waals surface area contributed by atoms with Crippen LogP contribution in [0.25, 0.3) is 0 Å². The monoisotopic (exact) mass is 307 g/mol. The lowest BCUT2D eigenvalue weighted by Gasteiger charge is -2.11. The highest BCUT2D eigenvalue weighted by Gasteiger charge is 2.16. The molecule has 0 fully saturated rings. The van der Waals surface area contributed by atoms with Gasteiger partial charge < -0.3 is 14.8 Å². The molecule has 0 spiro atoms. The first-order valence-corrected chi connectivity index (χ1v) is 6.61. The fourth-order valence-corrected chi connectivity index (χ4v) is 1.87. The molecule has 0 aliphatic heterocycles. The Balaban J connectivity index is 1.88. The molecule has 2 aromatic carbocycles. The molecule has 0 atom stereocenters. The van der Waals surface area contributed by atoms with E-state index in [-0.39, 0.29) is 13.2 Å². The summed E-state index contributed by atoms with van der Waals surface area (Å²) in [5.41, 5.74) is -0.597. The van der Waals surface area contributed by atoms with E-state index < -0.39 is 23.1 Å². The number of carbonyl (C=O) groups is 1. The van der Waals surface area contributed by atoms with E-state index in [1.807, 2.05) is 0 Å². The number of para-hydroxylation sites is 2. The van der Waals surface area contributed by atoms with Gasteiger partial charge in [0.15, 0.2) is 11.5 Å². The Morgan fingerprint density at radius 1 is 1.05 bits per heavy atom. The average Bonchev–Trinajstić information content (AvgIpc) is 2.51. The number of amides is 1. The molecule has 1 N–H and O–H groups in total. The molecule has 0 aromatic heterocycles. The Morgan fingerprint density at radius 2 is 1.68 bits per heavy atom. The van der Waals surface area contributed by atoms with Gasteiger partial charge in [-0.25, -0.2) is 8.78 Å². The van der Waals surface area contributed by atoms with Crippen LogP contribution in [0.2, 0.25) is 0 Å². The molecule has 0 saturated heterocycles. The summed E-state index contributed by atoms with van der Waals surface area (Å²) < 4.78 is 37.4. The molecule has 6 heteroatoms. The van der Waals surface area contributed by atoms with Crippen LogP contribution >= 0.6 is 0 Å². The fourth-order valence-electron chi connectivity index (χ4n) is 1.87. The van der Waals surface area contributed by atoms with Crippen molar-refractivity contribution in [2.24, 2.45) is 0 Å². The highest BCUT2D eigenvalue weighted by molar-refractivity contribution is 5.94. The number of halogens is 2. The van der Waals surface area contributed by atoms with E-state index >= 15 is 0 Å². The van der Waals surface area contributed by atoms with Crippen LogP contribution in [0.4, 0.5) is 8.78 Å². The van der Waals surface area contributed by atoms with Crippen LogP contribution in [0.5, 0.6) is 11.5 Å². The highest BCUT2D eigenvalue weighted by Crippen LogP contribution is 2.25. The highest BCUT2D eigenvalue weighted by atomic mass is 19.1. The summed E-state index contributed by atoms with van der Waals surface area (Å²) in [7, 11) is 1.52. The quantitative estimate of drug-likeness (QED) is 0.835. The second-order valence-corrected chi connectivity index (χ2v) is 4.35. The van der Waals surface area contributed by atoms with Gasteiger partial charge in [0.25, 0.3) is 5.91 Å². The van der Waals surface area contributed by atoms with Crippen LogP contribution in [0, 0.1) is 11.6 Å². The summed E-state index contributed by atoms with van der Waals surface area (Å²) in [5.74, 6) is -1.53. The van der Waals surface area contributed by atoms with Gasteiger partial charge in [0, 0.05) is 0 Å². The number of hydrogen-bond acceptors (Lipinski definition) is 3. The molecule has 0 saturated carbocycles. The number of rotatable bonds is 6. The minimum atomic E-state index is -0.900. The smallest absolute Gasteiger partial charge is 0.257 e. The van der Waals surface area contributed by atoms with E-state index in [9.17, 15) is 13.6 Å². The topological polar surface area (TPSA) is 47.6 Å². The van der Waals surface area contributed by atoms with E-state index in [1.54, 1.807) is 24.3 Å². The lowest BCUT2D eigenvalue weighted by atomic mass is 10.2. The Bertz CT molecular complexity index is 641. The molecular formula is C16H15F2NO3. The second-order valence-electron chi connectivity index (χ2n) is 4.35. The van der Waals surface area contributed by atoms with Crippen molar-refractivity contribution in [1.29, 1.82) is 0 Å². The van der Waals surface area contributed by atoms with Gasteiger partial charge in [-0.2, -0.15) is 0 Å². The van der Waals surface area contributed by atoms with Crippen molar-refractivity contribution in [1.82, 2.24) is 5.32 Å². The van der Waals surface area contributed by atoms with Crippen LogP contribution in [-0.2, 0) is 0 Å².